The molecule has 0 spiro atoms. The van der Waals surface area contributed by atoms with Crippen LogP contribution < -0.4 is 5.32 Å². The summed E-state index contributed by atoms with van der Waals surface area (Å²) in [4.78, 5) is 0. The van der Waals surface area contributed by atoms with Gasteiger partial charge in [-0.1, -0.05) is 19.3 Å². The summed E-state index contributed by atoms with van der Waals surface area (Å²) in [5.74, 6) is 0. The van der Waals surface area contributed by atoms with E-state index in [9.17, 15) is 0 Å². The maximum atomic E-state index is 4.51. The van der Waals surface area contributed by atoms with Gasteiger partial charge in [-0.2, -0.15) is 5.10 Å². The molecule has 3 nitrogen and oxygen atoms in total. The zero-order valence-corrected chi connectivity index (χ0v) is 9.86. The minimum atomic E-state index is 0.670. The Morgan fingerprint density at radius 3 is 2.75 bits per heavy atom. The van der Waals surface area contributed by atoms with Gasteiger partial charge in [-0.3, -0.25) is 4.68 Å². The Bertz CT molecular complexity index is 335. The number of rotatable bonds is 4. The molecule has 0 amide bonds. The second-order valence-corrected chi connectivity index (χ2v) is 5.28. The monoisotopic (exact) mass is 219 g/mol. The fourth-order valence-corrected chi connectivity index (χ4v) is 2.56. The van der Waals surface area contributed by atoms with Crippen LogP contribution >= 0.6 is 0 Å². The van der Waals surface area contributed by atoms with Crippen LogP contribution in [0.25, 0.3) is 0 Å². The topological polar surface area (TPSA) is 29.9 Å². The van der Waals surface area contributed by atoms with Gasteiger partial charge >= 0.3 is 0 Å². The maximum Gasteiger partial charge on any atom is 0.0534 e. The van der Waals surface area contributed by atoms with Gasteiger partial charge in [-0.05, 0) is 25.7 Å². The van der Waals surface area contributed by atoms with Crippen LogP contribution in [0.15, 0.2) is 12.4 Å². The van der Waals surface area contributed by atoms with Crippen LogP contribution in [0.4, 0.5) is 0 Å². The molecule has 2 aliphatic carbocycles. The summed E-state index contributed by atoms with van der Waals surface area (Å²) < 4.78 is 2.20. The largest absolute Gasteiger partial charge is 0.310 e. The zero-order valence-electron chi connectivity index (χ0n) is 9.86. The maximum absolute atomic E-state index is 4.51. The van der Waals surface area contributed by atoms with E-state index in [1.807, 2.05) is 6.20 Å². The third-order valence-electron chi connectivity index (χ3n) is 3.78. The summed E-state index contributed by atoms with van der Waals surface area (Å²) in [6.45, 7) is 0.997. The molecule has 3 heteroatoms. The van der Waals surface area contributed by atoms with Crippen LogP contribution in [-0.2, 0) is 6.54 Å². The van der Waals surface area contributed by atoms with Gasteiger partial charge in [0, 0.05) is 24.3 Å². The number of nitrogens with zero attached hydrogens (tertiary/aromatic N) is 2. The number of nitrogens with one attached hydrogen (secondary N) is 1. The Hall–Kier alpha value is -0.830. The molecule has 0 radical (unpaired) electrons. The number of hydrogen-bond donors (Lipinski definition) is 1. The quantitative estimate of drug-likeness (QED) is 0.843. The van der Waals surface area contributed by atoms with Crippen molar-refractivity contribution in [3.05, 3.63) is 18.0 Å². The van der Waals surface area contributed by atoms with E-state index >= 15 is 0 Å². The highest BCUT2D eigenvalue weighted by Gasteiger charge is 2.20. The van der Waals surface area contributed by atoms with E-state index in [2.05, 4.69) is 21.3 Å². The molecule has 2 aliphatic rings. The van der Waals surface area contributed by atoms with E-state index in [0.29, 0.717) is 6.04 Å². The minimum Gasteiger partial charge on any atom is -0.310 e. The van der Waals surface area contributed by atoms with Crippen LogP contribution in [0.3, 0.4) is 0 Å². The van der Waals surface area contributed by atoms with E-state index in [4.69, 9.17) is 0 Å². The van der Waals surface area contributed by atoms with Crippen molar-refractivity contribution in [2.75, 3.05) is 0 Å². The highest BCUT2D eigenvalue weighted by molar-refractivity contribution is 5.05. The van der Waals surface area contributed by atoms with Gasteiger partial charge in [0.15, 0.2) is 0 Å². The van der Waals surface area contributed by atoms with Crippen LogP contribution in [0.1, 0.15) is 56.6 Å². The Morgan fingerprint density at radius 2 is 2.00 bits per heavy atom. The zero-order chi connectivity index (χ0) is 10.8. The molecule has 3 rings (SSSR count). The highest BCUT2D eigenvalue weighted by Crippen LogP contribution is 2.27. The smallest absolute Gasteiger partial charge is 0.0534 e. The SMILES string of the molecule is c1nn(C2CCCCC2)cc1CNC1CC1. The lowest BCUT2D eigenvalue weighted by molar-refractivity contribution is 0.329. The van der Waals surface area contributed by atoms with E-state index in [1.165, 1.54) is 50.5 Å². The van der Waals surface area contributed by atoms with Gasteiger partial charge in [0.1, 0.15) is 0 Å². The molecule has 1 heterocycles. The Labute approximate surface area is 97.2 Å². The third-order valence-corrected chi connectivity index (χ3v) is 3.78. The molecule has 2 saturated carbocycles. The van der Waals surface area contributed by atoms with Gasteiger partial charge in [-0.25, -0.2) is 0 Å². The molecular weight excluding hydrogens is 198 g/mol. The normalized spacial score (nSPS) is 22.5. The van der Waals surface area contributed by atoms with Gasteiger partial charge in [0.05, 0.1) is 12.2 Å². The lowest BCUT2D eigenvalue weighted by atomic mass is 9.96. The molecule has 2 fully saturated rings. The van der Waals surface area contributed by atoms with E-state index in [-0.39, 0.29) is 0 Å². The fraction of sp³-hybridized carbons (Fsp3) is 0.769. The molecule has 88 valence electrons. The molecule has 1 aromatic rings. The molecule has 0 bridgehead atoms. The van der Waals surface area contributed by atoms with Crippen molar-refractivity contribution >= 4 is 0 Å². The predicted molar refractivity (Wildman–Crippen MR) is 64.2 cm³/mol. The molecule has 0 aliphatic heterocycles. The Morgan fingerprint density at radius 1 is 1.19 bits per heavy atom. The van der Waals surface area contributed by atoms with Crippen molar-refractivity contribution in [2.24, 2.45) is 0 Å². The number of aromatic nitrogens is 2. The van der Waals surface area contributed by atoms with Gasteiger partial charge in [0.2, 0.25) is 0 Å². The third kappa shape index (κ3) is 2.46. The minimum absolute atomic E-state index is 0.670. The Balaban J connectivity index is 1.57. The average molecular weight is 219 g/mol. The van der Waals surface area contributed by atoms with Gasteiger partial charge < -0.3 is 5.32 Å². The average Bonchev–Trinajstić information content (AvgIpc) is 3.05. The van der Waals surface area contributed by atoms with Crippen LogP contribution in [-0.4, -0.2) is 15.8 Å². The first kappa shape index (κ1) is 10.3. The van der Waals surface area contributed by atoms with E-state index in [1.54, 1.807) is 0 Å². The molecule has 0 saturated heterocycles. The van der Waals surface area contributed by atoms with Crippen molar-refractivity contribution in [2.45, 2.75) is 63.6 Å². The first-order chi connectivity index (χ1) is 7.92. The standard InChI is InChI=1S/C13H21N3/c1-2-4-13(5-3-1)16-10-11(9-15-16)8-14-12-6-7-12/h9-10,12-14H,1-8H2. The molecule has 1 N–H and O–H groups in total. The van der Waals surface area contributed by atoms with Crippen LogP contribution in [0, 0.1) is 0 Å². The summed E-state index contributed by atoms with van der Waals surface area (Å²) in [7, 11) is 0. The van der Waals surface area contributed by atoms with E-state index < -0.39 is 0 Å². The summed E-state index contributed by atoms with van der Waals surface area (Å²) in [6.07, 6.45) is 13.8. The lowest BCUT2D eigenvalue weighted by Gasteiger charge is -2.21. The van der Waals surface area contributed by atoms with Crippen molar-refractivity contribution in [1.29, 1.82) is 0 Å². The highest BCUT2D eigenvalue weighted by atomic mass is 15.3. The summed E-state index contributed by atoms with van der Waals surface area (Å²) in [5, 5.41) is 8.05. The van der Waals surface area contributed by atoms with Crippen molar-refractivity contribution in [3.8, 4) is 0 Å². The van der Waals surface area contributed by atoms with Crippen molar-refractivity contribution in [1.82, 2.24) is 15.1 Å². The summed E-state index contributed by atoms with van der Waals surface area (Å²) in [5.41, 5.74) is 1.34. The van der Waals surface area contributed by atoms with E-state index in [0.717, 1.165) is 12.6 Å². The first-order valence-corrected chi connectivity index (χ1v) is 6.68. The summed E-state index contributed by atoms with van der Waals surface area (Å²) in [6, 6.07) is 1.46. The van der Waals surface area contributed by atoms with Crippen LogP contribution in [0.5, 0.6) is 0 Å². The molecule has 0 atom stereocenters. The second-order valence-electron chi connectivity index (χ2n) is 5.28. The molecule has 0 unspecified atom stereocenters. The Kier molecular flexibility index (Phi) is 2.96. The number of hydrogen-bond acceptors (Lipinski definition) is 2. The van der Waals surface area contributed by atoms with Gasteiger partial charge in [-0.15, -0.1) is 0 Å². The lowest BCUT2D eigenvalue weighted by Crippen LogP contribution is -2.15. The molecule has 1 aromatic heterocycles. The molecule has 16 heavy (non-hydrogen) atoms. The molecular formula is C13H21N3. The van der Waals surface area contributed by atoms with Crippen LogP contribution in [0.2, 0.25) is 0 Å². The van der Waals surface area contributed by atoms with Gasteiger partial charge in [0.25, 0.3) is 0 Å². The predicted octanol–water partition coefficient (Wildman–Crippen LogP) is 2.64. The van der Waals surface area contributed by atoms with Crippen molar-refractivity contribution < 1.29 is 0 Å². The molecule has 0 aromatic carbocycles. The fourth-order valence-electron chi connectivity index (χ4n) is 2.56. The second kappa shape index (κ2) is 4.58. The van der Waals surface area contributed by atoms with Crippen molar-refractivity contribution in [3.63, 3.8) is 0 Å². The summed E-state index contributed by atoms with van der Waals surface area (Å²) >= 11 is 0. The first-order valence-electron chi connectivity index (χ1n) is 6.68.